The minimum absolute atomic E-state index is 0.0797. The molecule has 8 nitrogen and oxygen atoms in total. The zero-order valence-electron chi connectivity index (χ0n) is 14.2. The Hall–Kier alpha value is -2.19. The lowest BCUT2D eigenvalue weighted by Gasteiger charge is -2.19. The van der Waals surface area contributed by atoms with E-state index in [2.05, 4.69) is 10.3 Å². The molecule has 1 N–H and O–H groups in total. The van der Waals surface area contributed by atoms with E-state index < -0.39 is 25.0 Å². The van der Waals surface area contributed by atoms with Crippen molar-refractivity contribution >= 4 is 52.7 Å². The summed E-state index contributed by atoms with van der Waals surface area (Å²) in [6, 6.07) is 1.40. The number of pyridine rings is 1. The number of imide groups is 1. The summed E-state index contributed by atoms with van der Waals surface area (Å²) in [7, 11) is 0. The number of carbonyl (C=O) groups is 4. The number of aromatic nitrogens is 1. The average Bonchev–Trinajstić information content (AvgIpc) is 2.88. The van der Waals surface area contributed by atoms with Gasteiger partial charge in [-0.1, -0.05) is 36.0 Å². The van der Waals surface area contributed by atoms with Gasteiger partial charge in [-0.15, -0.1) is 0 Å². The Morgan fingerprint density at radius 2 is 1.81 bits per heavy atom. The SMILES string of the molecule is O=C(COC(=O)CN1C(=O)[C@@H]2CCCC[C@H]2C1=O)Nc1ncc(Cl)cc1Cl. The molecule has 3 amide bonds. The van der Waals surface area contributed by atoms with Crippen LogP contribution in [-0.2, 0) is 23.9 Å². The number of likely N-dealkylation sites (tertiary alicyclic amines) is 1. The van der Waals surface area contributed by atoms with Crippen LogP contribution in [0.25, 0.3) is 0 Å². The predicted molar refractivity (Wildman–Crippen MR) is 96.0 cm³/mol. The number of carbonyl (C=O) groups excluding carboxylic acids is 4. The number of anilines is 1. The normalized spacial score (nSPS) is 21.8. The van der Waals surface area contributed by atoms with Gasteiger partial charge in [0.15, 0.2) is 12.4 Å². The molecule has 0 spiro atoms. The minimum atomic E-state index is -0.833. The molecule has 2 atom stereocenters. The molecule has 3 rings (SSSR count). The first-order valence-corrected chi connectivity index (χ1v) is 9.24. The number of nitrogens with one attached hydrogen (secondary N) is 1. The summed E-state index contributed by atoms with van der Waals surface area (Å²) >= 11 is 11.6. The molecule has 0 radical (unpaired) electrons. The molecule has 2 aliphatic rings. The van der Waals surface area contributed by atoms with Crippen molar-refractivity contribution in [1.82, 2.24) is 9.88 Å². The number of fused-ring (bicyclic) bond motifs is 1. The third-order valence-electron chi connectivity index (χ3n) is 4.65. The summed E-state index contributed by atoms with van der Waals surface area (Å²) in [6.07, 6.45) is 4.44. The Bertz CT molecular complexity index is 777. The molecular weight excluding hydrogens is 397 g/mol. The van der Waals surface area contributed by atoms with Gasteiger partial charge in [0.2, 0.25) is 11.8 Å². The topological polar surface area (TPSA) is 106 Å². The first-order valence-electron chi connectivity index (χ1n) is 8.48. The van der Waals surface area contributed by atoms with E-state index in [0.717, 1.165) is 17.7 Å². The molecule has 1 saturated heterocycles. The van der Waals surface area contributed by atoms with Crippen LogP contribution < -0.4 is 5.32 Å². The zero-order chi connectivity index (χ0) is 19.6. The van der Waals surface area contributed by atoms with Crippen molar-refractivity contribution < 1.29 is 23.9 Å². The van der Waals surface area contributed by atoms with E-state index in [4.69, 9.17) is 27.9 Å². The van der Waals surface area contributed by atoms with Gasteiger partial charge in [0.05, 0.1) is 21.9 Å². The second-order valence-corrected chi connectivity index (χ2v) is 7.30. The Labute approximate surface area is 165 Å². The van der Waals surface area contributed by atoms with E-state index in [0.29, 0.717) is 17.9 Å². The number of ether oxygens (including phenoxy) is 1. The smallest absolute Gasteiger partial charge is 0.326 e. The third-order valence-corrected chi connectivity index (χ3v) is 5.14. The van der Waals surface area contributed by atoms with E-state index in [1.165, 1.54) is 12.3 Å². The summed E-state index contributed by atoms with van der Waals surface area (Å²) in [5.74, 6) is -2.74. The molecule has 10 heteroatoms. The first-order chi connectivity index (χ1) is 12.9. The lowest BCUT2D eigenvalue weighted by Crippen LogP contribution is -2.37. The Kier molecular flexibility index (Phi) is 5.96. The molecule has 1 aliphatic heterocycles. The highest BCUT2D eigenvalue weighted by molar-refractivity contribution is 6.36. The summed E-state index contributed by atoms with van der Waals surface area (Å²) in [6.45, 7) is -1.08. The van der Waals surface area contributed by atoms with Gasteiger partial charge in [0.1, 0.15) is 6.54 Å². The van der Waals surface area contributed by atoms with Crippen LogP contribution in [0, 0.1) is 11.8 Å². The van der Waals surface area contributed by atoms with Crippen LogP contribution in [0.2, 0.25) is 10.0 Å². The molecule has 2 fully saturated rings. The van der Waals surface area contributed by atoms with Gasteiger partial charge in [-0.25, -0.2) is 4.98 Å². The highest BCUT2D eigenvalue weighted by atomic mass is 35.5. The van der Waals surface area contributed by atoms with Gasteiger partial charge in [0.25, 0.3) is 5.91 Å². The standard InChI is InChI=1S/C17H17Cl2N3O5/c18-9-5-12(19)15(20-6-9)21-13(23)8-27-14(24)7-22-16(25)10-3-1-2-4-11(10)17(22)26/h5-6,10-11H,1-4,7-8H2,(H,20,21,23)/t10-,11-/m1/s1. The average molecular weight is 414 g/mol. The number of esters is 1. The quantitative estimate of drug-likeness (QED) is 0.584. The lowest BCUT2D eigenvalue weighted by atomic mass is 9.81. The summed E-state index contributed by atoms with van der Waals surface area (Å²) in [4.78, 5) is 53.2. The molecule has 1 aromatic rings. The number of hydrogen-bond acceptors (Lipinski definition) is 6. The van der Waals surface area contributed by atoms with E-state index >= 15 is 0 Å². The van der Waals surface area contributed by atoms with Crippen molar-refractivity contribution in [2.45, 2.75) is 25.7 Å². The molecule has 0 unspecified atom stereocenters. The van der Waals surface area contributed by atoms with Crippen LogP contribution in [0.4, 0.5) is 5.82 Å². The van der Waals surface area contributed by atoms with Gasteiger partial charge in [0, 0.05) is 6.20 Å². The van der Waals surface area contributed by atoms with E-state index in [1.807, 2.05) is 0 Å². The van der Waals surface area contributed by atoms with Gasteiger partial charge in [-0.2, -0.15) is 0 Å². The van der Waals surface area contributed by atoms with Crippen molar-refractivity contribution in [2.24, 2.45) is 11.8 Å². The molecule has 2 heterocycles. The van der Waals surface area contributed by atoms with Crippen molar-refractivity contribution in [2.75, 3.05) is 18.5 Å². The van der Waals surface area contributed by atoms with Crippen LogP contribution in [-0.4, -0.2) is 46.7 Å². The minimum Gasteiger partial charge on any atom is -0.454 e. The van der Waals surface area contributed by atoms with Crippen molar-refractivity contribution in [3.63, 3.8) is 0 Å². The number of hydrogen-bond donors (Lipinski definition) is 1. The Morgan fingerprint density at radius 3 is 2.41 bits per heavy atom. The van der Waals surface area contributed by atoms with E-state index in [-0.39, 0.29) is 34.5 Å². The fraction of sp³-hybridized carbons (Fsp3) is 0.471. The zero-order valence-corrected chi connectivity index (χ0v) is 15.8. The van der Waals surface area contributed by atoms with Crippen molar-refractivity contribution in [3.05, 3.63) is 22.3 Å². The van der Waals surface area contributed by atoms with Gasteiger partial charge in [-0.3, -0.25) is 24.1 Å². The molecular formula is C17H17Cl2N3O5. The van der Waals surface area contributed by atoms with Crippen LogP contribution in [0.5, 0.6) is 0 Å². The lowest BCUT2D eigenvalue weighted by molar-refractivity contribution is -0.154. The molecule has 27 heavy (non-hydrogen) atoms. The molecule has 144 valence electrons. The van der Waals surface area contributed by atoms with Crippen molar-refractivity contribution in [3.8, 4) is 0 Å². The number of amides is 3. The van der Waals surface area contributed by atoms with Crippen LogP contribution >= 0.6 is 23.2 Å². The third kappa shape index (κ3) is 4.39. The fourth-order valence-corrected chi connectivity index (χ4v) is 3.81. The summed E-state index contributed by atoms with van der Waals surface area (Å²) in [5.41, 5.74) is 0. The highest BCUT2D eigenvalue weighted by Gasteiger charge is 2.48. The van der Waals surface area contributed by atoms with Gasteiger partial charge in [-0.05, 0) is 18.9 Å². The number of rotatable bonds is 5. The summed E-state index contributed by atoms with van der Waals surface area (Å²) in [5, 5.41) is 2.83. The van der Waals surface area contributed by atoms with Gasteiger partial charge < -0.3 is 10.1 Å². The van der Waals surface area contributed by atoms with Crippen LogP contribution in [0.1, 0.15) is 25.7 Å². The number of halogens is 2. The Morgan fingerprint density at radius 1 is 1.19 bits per heavy atom. The number of nitrogens with zero attached hydrogens (tertiary/aromatic N) is 2. The summed E-state index contributed by atoms with van der Waals surface area (Å²) < 4.78 is 4.86. The van der Waals surface area contributed by atoms with Crippen molar-refractivity contribution in [1.29, 1.82) is 0 Å². The molecule has 0 bridgehead atoms. The molecule has 1 saturated carbocycles. The van der Waals surface area contributed by atoms with Crippen LogP contribution in [0.15, 0.2) is 12.3 Å². The molecule has 1 aliphatic carbocycles. The predicted octanol–water partition coefficient (Wildman–Crippen LogP) is 2.05. The second-order valence-electron chi connectivity index (χ2n) is 6.45. The maximum atomic E-state index is 12.3. The fourth-order valence-electron chi connectivity index (χ4n) is 3.38. The maximum Gasteiger partial charge on any atom is 0.326 e. The highest BCUT2D eigenvalue weighted by Crippen LogP contribution is 2.37. The van der Waals surface area contributed by atoms with E-state index in [1.54, 1.807) is 0 Å². The molecule has 1 aromatic heterocycles. The van der Waals surface area contributed by atoms with E-state index in [9.17, 15) is 19.2 Å². The van der Waals surface area contributed by atoms with Gasteiger partial charge >= 0.3 is 5.97 Å². The largest absolute Gasteiger partial charge is 0.454 e. The monoisotopic (exact) mass is 413 g/mol. The second kappa shape index (κ2) is 8.22. The maximum absolute atomic E-state index is 12.3. The molecule has 0 aromatic carbocycles. The Balaban J connectivity index is 1.50. The first kappa shape index (κ1) is 19.6. The van der Waals surface area contributed by atoms with Crippen LogP contribution in [0.3, 0.4) is 0 Å².